The number of nitrogens with one attached hydrogen (secondary N) is 1. The normalized spacial score (nSPS) is 15.7. The van der Waals surface area contributed by atoms with Gasteiger partial charge in [-0.1, -0.05) is 54.6 Å². The third-order valence-electron chi connectivity index (χ3n) is 6.75. The molecule has 1 heterocycles. The first-order valence-corrected chi connectivity index (χ1v) is 12.5. The Morgan fingerprint density at radius 3 is 2.26 bits per heavy atom. The first-order valence-electron chi connectivity index (χ1n) is 12.5. The average molecular weight is 541 g/mol. The number of rotatable bonds is 8. The quantitative estimate of drug-likeness (QED) is 0.283. The van der Waals surface area contributed by atoms with Crippen LogP contribution in [0.1, 0.15) is 35.1 Å². The number of hydroxylamine groups is 2. The van der Waals surface area contributed by atoms with Crippen molar-refractivity contribution < 1.29 is 32.0 Å². The van der Waals surface area contributed by atoms with Crippen LogP contribution in [0.3, 0.4) is 0 Å². The highest BCUT2D eigenvalue weighted by atomic mass is 19.4. The molecular formula is C30H28F4N2O3. The molecule has 0 aliphatic carbocycles. The smallest absolute Gasteiger partial charge is 0.364 e. The second-order valence-corrected chi connectivity index (χ2v) is 9.55. The summed E-state index contributed by atoms with van der Waals surface area (Å²) in [5.41, 5.74) is 0.366. The summed E-state index contributed by atoms with van der Waals surface area (Å²) in [6.07, 6.45) is -0.494. The summed E-state index contributed by atoms with van der Waals surface area (Å²) < 4.78 is 52.3. The Labute approximate surface area is 224 Å². The van der Waals surface area contributed by atoms with Gasteiger partial charge in [-0.25, -0.2) is 9.18 Å². The highest BCUT2D eigenvalue weighted by molar-refractivity contribution is 5.87. The number of hydrogen-bond donors (Lipinski definition) is 1. The number of carbonyl (C=O) groups excluding carboxylic acids is 2. The molecule has 1 amide bonds. The first kappa shape index (κ1) is 28.0. The molecular weight excluding hydrogens is 512 g/mol. The van der Waals surface area contributed by atoms with Crippen molar-refractivity contribution in [1.82, 2.24) is 10.4 Å². The molecule has 9 heteroatoms. The Morgan fingerprint density at radius 1 is 0.923 bits per heavy atom. The summed E-state index contributed by atoms with van der Waals surface area (Å²) in [6, 6.07) is 20.0. The van der Waals surface area contributed by atoms with E-state index in [1.54, 1.807) is 6.07 Å². The van der Waals surface area contributed by atoms with E-state index in [1.165, 1.54) is 47.5 Å². The Balaban J connectivity index is 1.40. The fourth-order valence-corrected chi connectivity index (χ4v) is 4.60. The maximum absolute atomic E-state index is 13.5. The van der Waals surface area contributed by atoms with Crippen molar-refractivity contribution in [2.24, 2.45) is 5.41 Å². The molecule has 0 aromatic heterocycles. The lowest BCUT2D eigenvalue weighted by Crippen LogP contribution is -2.50. The first-order chi connectivity index (χ1) is 18.6. The molecule has 3 aromatic carbocycles. The van der Waals surface area contributed by atoms with Crippen molar-refractivity contribution in [1.29, 1.82) is 0 Å². The predicted molar refractivity (Wildman–Crippen MR) is 138 cm³/mol. The molecule has 4 rings (SSSR count). The van der Waals surface area contributed by atoms with E-state index in [0.29, 0.717) is 43.5 Å². The van der Waals surface area contributed by atoms with Gasteiger partial charge in [0.1, 0.15) is 5.82 Å². The van der Waals surface area contributed by atoms with Crippen LogP contribution in [0.4, 0.5) is 17.6 Å². The fraction of sp³-hybridized carbons (Fsp3) is 0.267. The molecule has 204 valence electrons. The molecule has 0 unspecified atom stereocenters. The number of nitrogens with zero attached hydrogens (tertiary/aromatic N) is 1. The second-order valence-electron chi connectivity index (χ2n) is 9.55. The summed E-state index contributed by atoms with van der Waals surface area (Å²) in [5.74, 6) is -1.23. The molecule has 0 radical (unpaired) electrons. The minimum absolute atomic E-state index is 0.0355. The van der Waals surface area contributed by atoms with Crippen LogP contribution in [-0.2, 0) is 33.6 Å². The monoisotopic (exact) mass is 540 g/mol. The lowest BCUT2D eigenvalue weighted by molar-refractivity contribution is -0.194. The van der Waals surface area contributed by atoms with Gasteiger partial charge in [0.05, 0.1) is 11.0 Å². The van der Waals surface area contributed by atoms with E-state index >= 15 is 0 Å². The Morgan fingerprint density at radius 2 is 1.59 bits per heavy atom. The summed E-state index contributed by atoms with van der Waals surface area (Å²) in [6.45, 7) is 0.575. The van der Waals surface area contributed by atoms with Crippen LogP contribution in [-0.4, -0.2) is 30.0 Å². The molecule has 0 bridgehead atoms. The Hall–Kier alpha value is -3.98. The minimum Gasteiger partial charge on any atom is -0.364 e. The van der Waals surface area contributed by atoms with Gasteiger partial charge in [0, 0.05) is 25.7 Å². The van der Waals surface area contributed by atoms with Crippen molar-refractivity contribution in [3.05, 3.63) is 113 Å². The lowest BCUT2D eigenvalue weighted by Gasteiger charge is -2.39. The number of alkyl halides is 3. The van der Waals surface area contributed by atoms with Crippen molar-refractivity contribution in [2.45, 2.75) is 32.0 Å². The lowest BCUT2D eigenvalue weighted by atomic mass is 9.73. The van der Waals surface area contributed by atoms with Crippen LogP contribution in [0.5, 0.6) is 0 Å². The van der Waals surface area contributed by atoms with Gasteiger partial charge in [0.25, 0.3) is 0 Å². The number of hydrogen-bond acceptors (Lipinski definition) is 4. The molecule has 1 fully saturated rings. The second kappa shape index (κ2) is 12.3. The third kappa shape index (κ3) is 7.77. The van der Waals surface area contributed by atoms with E-state index in [2.05, 4.69) is 5.32 Å². The fourth-order valence-electron chi connectivity index (χ4n) is 4.60. The molecule has 0 atom stereocenters. The minimum atomic E-state index is -4.47. The maximum atomic E-state index is 13.5. The van der Waals surface area contributed by atoms with Gasteiger partial charge in [-0.15, -0.1) is 5.06 Å². The number of carbonyl (C=O) groups is 2. The van der Waals surface area contributed by atoms with Crippen LogP contribution < -0.4 is 5.32 Å². The van der Waals surface area contributed by atoms with Crippen LogP contribution in [0.25, 0.3) is 6.08 Å². The van der Waals surface area contributed by atoms with Gasteiger partial charge in [0.15, 0.2) is 0 Å². The van der Waals surface area contributed by atoms with Gasteiger partial charge < -0.3 is 10.2 Å². The molecule has 0 saturated carbocycles. The van der Waals surface area contributed by atoms with E-state index in [-0.39, 0.29) is 18.3 Å². The predicted octanol–water partition coefficient (Wildman–Crippen LogP) is 5.96. The number of halogens is 4. The summed E-state index contributed by atoms with van der Waals surface area (Å²) in [7, 11) is 0. The molecule has 5 nitrogen and oxygen atoms in total. The molecule has 3 aromatic rings. The zero-order chi connectivity index (χ0) is 27.9. The van der Waals surface area contributed by atoms with E-state index in [1.807, 2.05) is 30.3 Å². The van der Waals surface area contributed by atoms with Gasteiger partial charge in [0.2, 0.25) is 5.91 Å². The van der Waals surface area contributed by atoms with Crippen LogP contribution in [0, 0.1) is 11.2 Å². The van der Waals surface area contributed by atoms with Crippen LogP contribution >= 0.6 is 0 Å². The Bertz CT molecular complexity index is 1300. The molecule has 1 saturated heterocycles. The largest absolute Gasteiger partial charge is 0.416 e. The molecule has 1 aliphatic rings. The third-order valence-corrected chi connectivity index (χ3v) is 6.75. The van der Waals surface area contributed by atoms with Gasteiger partial charge in [-0.2, -0.15) is 13.2 Å². The number of benzene rings is 3. The van der Waals surface area contributed by atoms with Gasteiger partial charge in [-0.3, -0.25) is 4.79 Å². The Kier molecular flexibility index (Phi) is 8.81. The molecule has 39 heavy (non-hydrogen) atoms. The summed E-state index contributed by atoms with van der Waals surface area (Å²) in [5, 5.41) is 4.34. The van der Waals surface area contributed by atoms with Gasteiger partial charge in [-0.05, 0) is 66.3 Å². The zero-order valence-electron chi connectivity index (χ0n) is 21.1. The topological polar surface area (TPSA) is 58.6 Å². The molecule has 1 N–H and O–H groups in total. The van der Waals surface area contributed by atoms with E-state index < -0.39 is 23.1 Å². The number of piperidine rings is 1. The number of amides is 1. The standard InChI is InChI=1S/C30H28F4N2O3/c31-26-12-9-22(10-13-26)11-14-27(37)39-36-17-15-29(16-18-36,20-23-5-2-1-3-6-23)28(38)35-21-24-7-4-8-25(19-24)30(32,33)34/h1-14,19H,15-18,20-21H2,(H,35,38). The van der Waals surface area contributed by atoms with E-state index in [0.717, 1.165) is 17.7 Å². The van der Waals surface area contributed by atoms with E-state index in [4.69, 9.17) is 4.84 Å². The van der Waals surface area contributed by atoms with Crippen LogP contribution in [0.15, 0.2) is 84.9 Å². The SMILES string of the molecule is O=C(C=Cc1ccc(F)cc1)ON1CCC(Cc2ccccc2)(C(=O)NCc2cccc(C(F)(F)F)c2)CC1. The highest BCUT2D eigenvalue weighted by Gasteiger charge is 2.42. The van der Waals surface area contributed by atoms with Crippen molar-refractivity contribution in [3.8, 4) is 0 Å². The van der Waals surface area contributed by atoms with Crippen molar-refractivity contribution in [2.75, 3.05) is 13.1 Å². The van der Waals surface area contributed by atoms with E-state index in [9.17, 15) is 27.2 Å². The summed E-state index contributed by atoms with van der Waals surface area (Å²) >= 11 is 0. The van der Waals surface area contributed by atoms with Gasteiger partial charge >= 0.3 is 12.1 Å². The zero-order valence-corrected chi connectivity index (χ0v) is 21.1. The van der Waals surface area contributed by atoms with Crippen molar-refractivity contribution >= 4 is 18.0 Å². The molecule has 0 spiro atoms. The van der Waals surface area contributed by atoms with Crippen molar-refractivity contribution in [3.63, 3.8) is 0 Å². The van der Waals surface area contributed by atoms with Crippen LogP contribution in [0.2, 0.25) is 0 Å². The average Bonchev–Trinajstić information content (AvgIpc) is 2.93. The summed E-state index contributed by atoms with van der Waals surface area (Å²) in [4.78, 5) is 31.2. The maximum Gasteiger partial charge on any atom is 0.416 e. The highest BCUT2D eigenvalue weighted by Crippen LogP contribution is 2.36. The molecule has 1 aliphatic heterocycles.